The molecule has 0 saturated heterocycles. The normalized spacial score (nSPS) is 13.6. The third-order valence-corrected chi connectivity index (χ3v) is 4.96. The molecule has 20 heavy (non-hydrogen) atoms. The molecule has 1 heterocycles. The Kier molecular flexibility index (Phi) is 6.64. The number of hydrogen-bond acceptors (Lipinski definition) is 4. The SMILES string of the molecule is CCCCCC(C)NS(=O)(=O)c1c(CNC)n[nH]c1C. The van der Waals surface area contributed by atoms with Crippen molar-refractivity contribution in [3.63, 3.8) is 0 Å². The maximum Gasteiger partial charge on any atom is 0.244 e. The summed E-state index contributed by atoms with van der Waals surface area (Å²) in [6, 6.07) is -0.0664. The fraction of sp³-hybridized carbons (Fsp3) is 0.769. The minimum absolute atomic E-state index is 0.0664. The standard InChI is InChI=1S/C13H26N4O2S/c1-5-6-7-8-10(2)17-20(18,19)13-11(3)15-16-12(13)9-14-4/h10,14,17H,5-9H2,1-4H3,(H,15,16). The first-order valence-electron chi connectivity index (χ1n) is 7.13. The van der Waals surface area contributed by atoms with Gasteiger partial charge in [-0.05, 0) is 27.3 Å². The van der Waals surface area contributed by atoms with Crippen LogP contribution in [0.1, 0.15) is 50.9 Å². The van der Waals surface area contributed by atoms with Crippen LogP contribution in [0, 0.1) is 6.92 Å². The van der Waals surface area contributed by atoms with Crippen LogP contribution in [0.25, 0.3) is 0 Å². The number of aromatic amines is 1. The van der Waals surface area contributed by atoms with Gasteiger partial charge >= 0.3 is 0 Å². The summed E-state index contributed by atoms with van der Waals surface area (Å²) in [5.41, 5.74) is 1.10. The Morgan fingerprint density at radius 2 is 2.05 bits per heavy atom. The van der Waals surface area contributed by atoms with Crippen LogP contribution < -0.4 is 10.0 Å². The maximum absolute atomic E-state index is 12.5. The predicted molar refractivity (Wildman–Crippen MR) is 80.0 cm³/mol. The van der Waals surface area contributed by atoms with Crippen LogP contribution in [0.5, 0.6) is 0 Å². The van der Waals surface area contributed by atoms with Gasteiger partial charge < -0.3 is 5.32 Å². The molecule has 7 heteroatoms. The number of aromatic nitrogens is 2. The highest BCUT2D eigenvalue weighted by atomic mass is 32.2. The van der Waals surface area contributed by atoms with Gasteiger partial charge in [0.05, 0.1) is 11.4 Å². The molecule has 0 bridgehead atoms. The van der Waals surface area contributed by atoms with Gasteiger partial charge in [-0.25, -0.2) is 13.1 Å². The second-order valence-electron chi connectivity index (χ2n) is 5.17. The van der Waals surface area contributed by atoms with Crippen LogP contribution in [-0.4, -0.2) is 31.7 Å². The summed E-state index contributed by atoms with van der Waals surface area (Å²) in [5.74, 6) is 0. The minimum Gasteiger partial charge on any atom is -0.314 e. The maximum atomic E-state index is 12.5. The van der Waals surface area contributed by atoms with Crippen LogP contribution in [0.2, 0.25) is 0 Å². The molecule has 1 rings (SSSR count). The number of unbranched alkanes of at least 4 members (excludes halogenated alkanes) is 2. The van der Waals surface area contributed by atoms with Gasteiger partial charge in [-0.1, -0.05) is 26.2 Å². The van der Waals surface area contributed by atoms with Gasteiger partial charge in [0.2, 0.25) is 10.0 Å². The molecule has 6 nitrogen and oxygen atoms in total. The van der Waals surface area contributed by atoms with E-state index in [0.717, 1.165) is 25.7 Å². The van der Waals surface area contributed by atoms with Crippen LogP contribution in [-0.2, 0) is 16.6 Å². The van der Waals surface area contributed by atoms with Gasteiger partial charge in [-0.15, -0.1) is 0 Å². The van der Waals surface area contributed by atoms with E-state index in [9.17, 15) is 8.42 Å². The summed E-state index contributed by atoms with van der Waals surface area (Å²) in [6.45, 7) is 6.18. The molecule has 116 valence electrons. The van der Waals surface area contributed by atoms with Gasteiger partial charge in [0.1, 0.15) is 4.90 Å². The van der Waals surface area contributed by atoms with Crippen molar-refractivity contribution in [2.75, 3.05) is 7.05 Å². The summed E-state index contributed by atoms with van der Waals surface area (Å²) >= 11 is 0. The number of H-pyrrole nitrogens is 1. The summed E-state index contributed by atoms with van der Waals surface area (Å²) in [7, 11) is -1.76. The zero-order valence-corrected chi connectivity index (χ0v) is 13.6. The smallest absolute Gasteiger partial charge is 0.244 e. The van der Waals surface area contributed by atoms with E-state index in [0.29, 0.717) is 17.9 Å². The topological polar surface area (TPSA) is 86.9 Å². The van der Waals surface area contributed by atoms with E-state index in [2.05, 4.69) is 27.2 Å². The van der Waals surface area contributed by atoms with E-state index in [1.807, 2.05) is 6.92 Å². The van der Waals surface area contributed by atoms with Crippen molar-refractivity contribution in [2.45, 2.75) is 63.9 Å². The van der Waals surface area contributed by atoms with Gasteiger partial charge in [0, 0.05) is 12.6 Å². The number of sulfonamides is 1. The first kappa shape index (κ1) is 17.1. The number of nitrogens with one attached hydrogen (secondary N) is 3. The third-order valence-electron chi connectivity index (χ3n) is 3.17. The quantitative estimate of drug-likeness (QED) is 0.606. The largest absolute Gasteiger partial charge is 0.314 e. The Labute approximate surface area is 121 Å². The highest BCUT2D eigenvalue weighted by molar-refractivity contribution is 7.89. The average molecular weight is 302 g/mol. The van der Waals surface area contributed by atoms with Gasteiger partial charge in [-0.3, -0.25) is 5.10 Å². The van der Waals surface area contributed by atoms with Crippen LogP contribution >= 0.6 is 0 Å². The average Bonchev–Trinajstić information content (AvgIpc) is 2.71. The molecule has 1 aromatic heterocycles. The Hall–Kier alpha value is -0.920. The van der Waals surface area contributed by atoms with E-state index in [4.69, 9.17) is 0 Å². The van der Waals surface area contributed by atoms with E-state index in [1.165, 1.54) is 0 Å². The molecule has 0 fully saturated rings. The summed E-state index contributed by atoms with van der Waals surface area (Å²) in [6.07, 6.45) is 4.15. The molecule has 0 radical (unpaired) electrons. The fourth-order valence-corrected chi connectivity index (χ4v) is 3.84. The summed E-state index contributed by atoms with van der Waals surface area (Å²) < 4.78 is 27.6. The Morgan fingerprint density at radius 1 is 1.35 bits per heavy atom. The van der Waals surface area contributed by atoms with Crippen molar-refractivity contribution >= 4 is 10.0 Å². The lowest BCUT2D eigenvalue weighted by Crippen LogP contribution is -2.33. The minimum atomic E-state index is -3.52. The van der Waals surface area contributed by atoms with Crippen molar-refractivity contribution in [2.24, 2.45) is 0 Å². The van der Waals surface area contributed by atoms with Gasteiger partial charge in [0.15, 0.2) is 0 Å². The fourth-order valence-electron chi connectivity index (χ4n) is 2.20. The summed E-state index contributed by atoms with van der Waals surface area (Å²) in [5, 5.41) is 9.72. The molecule has 0 spiro atoms. The lowest BCUT2D eigenvalue weighted by Gasteiger charge is -2.14. The summed E-state index contributed by atoms with van der Waals surface area (Å²) in [4.78, 5) is 0.272. The van der Waals surface area contributed by atoms with Crippen molar-refractivity contribution in [3.8, 4) is 0 Å². The van der Waals surface area contributed by atoms with Crippen molar-refractivity contribution in [3.05, 3.63) is 11.4 Å². The lowest BCUT2D eigenvalue weighted by atomic mass is 10.1. The van der Waals surface area contributed by atoms with Gasteiger partial charge in [0.25, 0.3) is 0 Å². The first-order chi connectivity index (χ1) is 9.42. The van der Waals surface area contributed by atoms with Crippen LogP contribution in [0.15, 0.2) is 4.90 Å². The van der Waals surface area contributed by atoms with E-state index in [1.54, 1.807) is 14.0 Å². The van der Waals surface area contributed by atoms with Crippen LogP contribution in [0.4, 0.5) is 0 Å². The molecule has 0 amide bonds. The Morgan fingerprint density at radius 3 is 2.65 bits per heavy atom. The van der Waals surface area contributed by atoms with Crippen LogP contribution in [0.3, 0.4) is 0 Å². The molecule has 0 aliphatic rings. The molecule has 0 aliphatic heterocycles. The molecule has 0 saturated carbocycles. The Bertz CT molecular complexity index is 510. The van der Waals surface area contributed by atoms with E-state index < -0.39 is 10.0 Å². The van der Waals surface area contributed by atoms with E-state index >= 15 is 0 Å². The number of aryl methyl sites for hydroxylation is 1. The third kappa shape index (κ3) is 4.57. The highest BCUT2D eigenvalue weighted by Gasteiger charge is 2.25. The molecule has 1 unspecified atom stereocenters. The second-order valence-corrected chi connectivity index (χ2v) is 6.82. The molecule has 3 N–H and O–H groups in total. The molecule has 0 aliphatic carbocycles. The molecule has 1 aromatic rings. The monoisotopic (exact) mass is 302 g/mol. The second kappa shape index (κ2) is 7.75. The number of rotatable bonds is 9. The first-order valence-corrected chi connectivity index (χ1v) is 8.61. The molecule has 1 atom stereocenters. The lowest BCUT2D eigenvalue weighted by molar-refractivity contribution is 0.526. The predicted octanol–water partition coefficient (Wildman–Crippen LogP) is 1.68. The molecular weight excluding hydrogens is 276 g/mol. The van der Waals surface area contributed by atoms with Gasteiger partial charge in [-0.2, -0.15) is 5.10 Å². The molecule has 0 aromatic carbocycles. The van der Waals surface area contributed by atoms with Crippen molar-refractivity contribution in [1.29, 1.82) is 0 Å². The Balaban J connectivity index is 2.80. The zero-order valence-electron chi connectivity index (χ0n) is 12.8. The molecular formula is C13H26N4O2S. The highest BCUT2D eigenvalue weighted by Crippen LogP contribution is 2.18. The van der Waals surface area contributed by atoms with Crippen molar-refractivity contribution in [1.82, 2.24) is 20.2 Å². The zero-order chi connectivity index (χ0) is 15.2. The number of hydrogen-bond donors (Lipinski definition) is 3. The number of nitrogens with zero attached hydrogens (tertiary/aromatic N) is 1. The van der Waals surface area contributed by atoms with Crippen molar-refractivity contribution < 1.29 is 8.42 Å². The van der Waals surface area contributed by atoms with E-state index in [-0.39, 0.29) is 10.9 Å².